The summed E-state index contributed by atoms with van der Waals surface area (Å²) in [7, 11) is 1.74. The van der Waals surface area contributed by atoms with Gasteiger partial charge in [-0.25, -0.2) is 0 Å². The van der Waals surface area contributed by atoms with E-state index in [1.807, 2.05) is 0 Å². The molecule has 0 aliphatic heterocycles. The van der Waals surface area contributed by atoms with E-state index in [0.29, 0.717) is 0 Å². The molecule has 0 spiro atoms. The molecule has 0 saturated carbocycles. The first-order valence-electron chi connectivity index (χ1n) is 3.32. The van der Waals surface area contributed by atoms with Crippen LogP contribution < -0.4 is 0 Å². The van der Waals surface area contributed by atoms with Crippen LogP contribution in [-0.4, -0.2) is 7.11 Å². The van der Waals surface area contributed by atoms with E-state index in [2.05, 4.69) is 25.3 Å². The van der Waals surface area contributed by atoms with E-state index in [9.17, 15) is 0 Å². The first-order valence-corrected chi connectivity index (χ1v) is 4.20. The summed E-state index contributed by atoms with van der Waals surface area (Å²) in [6.45, 7) is 4.19. The Morgan fingerprint density at radius 2 is 2.30 bits per heavy atom. The van der Waals surface area contributed by atoms with Gasteiger partial charge in [0.1, 0.15) is 0 Å². The molecule has 2 heteroatoms. The van der Waals surface area contributed by atoms with Crippen molar-refractivity contribution in [1.29, 1.82) is 0 Å². The van der Waals surface area contributed by atoms with Crippen molar-refractivity contribution in [3.8, 4) is 0 Å². The average Bonchev–Trinajstić information content (AvgIpc) is 2.34. The van der Waals surface area contributed by atoms with Gasteiger partial charge in [0.05, 0.1) is 6.10 Å². The lowest BCUT2D eigenvalue weighted by Crippen LogP contribution is -1.94. The summed E-state index contributed by atoms with van der Waals surface area (Å²) in [6, 6.07) is 2.12. The molecule has 0 aliphatic carbocycles. The molecule has 1 aromatic heterocycles. The Hall–Kier alpha value is -0.340. The van der Waals surface area contributed by atoms with Crippen LogP contribution in [-0.2, 0) is 4.74 Å². The maximum absolute atomic E-state index is 5.18. The highest BCUT2D eigenvalue weighted by molar-refractivity contribution is 7.10. The number of hydrogen-bond acceptors (Lipinski definition) is 2. The number of ether oxygens (including phenoxy) is 1. The van der Waals surface area contributed by atoms with E-state index in [-0.39, 0.29) is 6.10 Å². The minimum absolute atomic E-state index is 0.242. The summed E-state index contributed by atoms with van der Waals surface area (Å²) in [5.74, 6) is 0. The zero-order valence-electron chi connectivity index (χ0n) is 6.55. The van der Waals surface area contributed by atoms with Crippen molar-refractivity contribution in [3.63, 3.8) is 0 Å². The Morgan fingerprint density at radius 1 is 1.60 bits per heavy atom. The van der Waals surface area contributed by atoms with Gasteiger partial charge < -0.3 is 4.74 Å². The maximum atomic E-state index is 5.18. The molecule has 1 aromatic rings. The number of thiophene rings is 1. The molecule has 0 aliphatic rings. The number of rotatable bonds is 2. The first-order chi connectivity index (χ1) is 4.75. The summed E-state index contributed by atoms with van der Waals surface area (Å²) >= 11 is 1.77. The molecule has 0 saturated heterocycles. The maximum Gasteiger partial charge on any atom is 0.0803 e. The van der Waals surface area contributed by atoms with Gasteiger partial charge in [0, 0.05) is 12.0 Å². The SMILES string of the molecule is COC(C)c1ccsc1C. The predicted molar refractivity (Wildman–Crippen MR) is 44.5 cm³/mol. The van der Waals surface area contributed by atoms with Crippen molar-refractivity contribution in [2.75, 3.05) is 7.11 Å². The Labute approximate surface area is 65.6 Å². The Morgan fingerprint density at radius 3 is 2.70 bits per heavy atom. The van der Waals surface area contributed by atoms with Crippen LogP contribution in [0, 0.1) is 6.92 Å². The van der Waals surface area contributed by atoms with Crippen LogP contribution in [0.25, 0.3) is 0 Å². The van der Waals surface area contributed by atoms with Crippen molar-refractivity contribution in [2.24, 2.45) is 0 Å². The van der Waals surface area contributed by atoms with Crippen molar-refractivity contribution >= 4 is 11.3 Å². The number of methoxy groups -OCH3 is 1. The minimum Gasteiger partial charge on any atom is -0.377 e. The van der Waals surface area contributed by atoms with Crippen LogP contribution in [0.5, 0.6) is 0 Å². The standard InChI is InChI=1S/C8H12OS/c1-6(9-3)8-4-5-10-7(8)2/h4-6H,1-3H3. The molecule has 1 heterocycles. The van der Waals surface area contributed by atoms with Crippen LogP contribution in [0.2, 0.25) is 0 Å². The average molecular weight is 156 g/mol. The molecule has 0 N–H and O–H groups in total. The van der Waals surface area contributed by atoms with Gasteiger partial charge in [0.15, 0.2) is 0 Å². The van der Waals surface area contributed by atoms with Gasteiger partial charge in [-0.1, -0.05) is 0 Å². The fourth-order valence-electron chi connectivity index (χ4n) is 0.944. The third-order valence-corrected chi connectivity index (χ3v) is 2.55. The zero-order chi connectivity index (χ0) is 7.56. The second kappa shape index (κ2) is 3.17. The highest BCUT2D eigenvalue weighted by Crippen LogP contribution is 2.23. The van der Waals surface area contributed by atoms with Crippen molar-refractivity contribution in [3.05, 3.63) is 21.9 Å². The van der Waals surface area contributed by atoms with Gasteiger partial charge in [0.2, 0.25) is 0 Å². The van der Waals surface area contributed by atoms with Crippen LogP contribution in [0.1, 0.15) is 23.5 Å². The summed E-state index contributed by atoms with van der Waals surface area (Å²) < 4.78 is 5.18. The van der Waals surface area contributed by atoms with Gasteiger partial charge in [-0.15, -0.1) is 11.3 Å². The van der Waals surface area contributed by atoms with Crippen LogP contribution in [0.15, 0.2) is 11.4 Å². The molecule has 0 bridgehead atoms. The number of aryl methyl sites for hydroxylation is 1. The zero-order valence-corrected chi connectivity index (χ0v) is 7.37. The van der Waals surface area contributed by atoms with Crippen molar-refractivity contribution in [1.82, 2.24) is 0 Å². The summed E-state index contributed by atoms with van der Waals surface area (Å²) in [5.41, 5.74) is 1.31. The molecule has 1 nitrogen and oxygen atoms in total. The van der Waals surface area contributed by atoms with Gasteiger partial charge in [-0.2, -0.15) is 0 Å². The molecule has 10 heavy (non-hydrogen) atoms. The van der Waals surface area contributed by atoms with Gasteiger partial charge in [-0.05, 0) is 30.9 Å². The van der Waals surface area contributed by atoms with E-state index in [0.717, 1.165) is 0 Å². The van der Waals surface area contributed by atoms with Crippen molar-refractivity contribution < 1.29 is 4.74 Å². The molecule has 1 atom stereocenters. The lowest BCUT2D eigenvalue weighted by atomic mass is 10.2. The highest BCUT2D eigenvalue weighted by Gasteiger charge is 2.06. The van der Waals surface area contributed by atoms with Crippen molar-refractivity contribution in [2.45, 2.75) is 20.0 Å². The molecule has 0 aromatic carbocycles. The van der Waals surface area contributed by atoms with E-state index >= 15 is 0 Å². The highest BCUT2D eigenvalue weighted by atomic mass is 32.1. The van der Waals surface area contributed by atoms with Crippen LogP contribution in [0.4, 0.5) is 0 Å². The van der Waals surface area contributed by atoms with Gasteiger partial charge in [0.25, 0.3) is 0 Å². The second-order valence-corrected chi connectivity index (χ2v) is 3.43. The van der Waals surface area contributed by atoms with Crippen LogP contribution in [0.3, 0.4) is 0 Å². The lowest BCUT2D eigenvalue weighted by molar-refractivity contribution is 0.119. The van der Waals surface area contributed by atoms with Gasteiger partial charge >= 0.3 is 0 Å². The lowest BCUT2D eigenvalue weighted by Gasteiger charge is -2.07. The Balaban J connectivity index is 2.82. The van der Waals surface area contributed by atoms with Gasteiger partial charge in [-0.3, -0.25) is 0 Å². The smallest absolute Gasteiger partial charge is 0.0803 e. The molecule has 0 fully saturated rings. The monoisotopic (exact) mass is 156 g/mol. The Bertz CT molecular complexity index is 205. The van der Waals surface area contributed by atoms with E-state index < -0.39 is 0 Å². The normalized spacial score (nSPS) is 13.5. The number of hydrogen-bond donors (Lipinski definition) is 0. The molecule has 0 radical (unpaired) electrons. The first kappa shape index (κ1) is 7.76. The molecule has 1 unspecified atom stereocenters. The molecular formula is C8H12OS. The Kier molecular flexibility index (Phi) is 2.46. The largest absolute Gasteiger partial charge is 0.377 e. The molecule has 0 amide bonds. The second-order valence-electron chi connectivity index (χ2n) is 2.31. The van der Waals surface area contributed by atoms with E-state index in [1.54, 1.807) is 18.4 Å². The molecular weight excluding hydrogens is 144 g/mol. The quantitative estimate of drug-likeness (QED) is 0.639. The topological polar surface area (TPSA) is 9.23 Å². The summed E-state index contributed by atoms with van der Waals surface area (Å²) in [4.78, 5) is 1.36. The summed E-state index contributed by atoms with van der Waals surface area (Å²) in [6.07, 6.45) is 0.242. The molecule has 1 rings (SSSR count). The minimum atomic E-state index is 0.242. The van der Waals surface area contributed by atoms with Crippen LogP contribution >= 0.6 is 11.3 Å². The van der Waals surface area contributed by atoms with E-state index in [1.165, 1.54) is 10.4 Å². The fourth-order valence-corrected chi connectivity index (χ4v) is 1.73. The predicted octanol–water partition coefficient (Wildman–Crippen LogP) is 2.76. The van der Waals surface area contributed by atoms with E-state index in [4.69, 9.17) is 4.74 Å². The fraction of sp³-hybridized carbons (Fsp3) is 0.500. The molecule has 56 valence electrons. The third kappa shape index (κ3) is 1.39. The third-order valence-electron chi connectivity index (χ3n) is 1.69. The summed E-state index contributed by atoms with van der Waals surface area (Å²) in [5, 5.41) is 2.10.